The SMILES string of the molecule is CC(C)(C)c1ccc(N(c2ccc(C(C)(C)C)cc2)c2cc3c4c(c2)N2c5c(cc(C(C)(C)C)cc5C5(C)CCCCC25C)B4c2c(ccc4c2oc2cc(C(C)(C)C)ccc24)N3c2c(-c3ccccc3)cc(C(C)(C)C)cc2-c2ccccc2)cc1. The Hall–Kier alpha value is -7.76. The van der Waals surface area contributed by atoms with Gasteiger partial charge in [-0.1, -0.05) is 233 Å². The molecule has 1 aliphatic carbocycles. The zero-order valence-electron chi connectivity index (χ0n) is 54.9. The van der Waals surface area contributed by atoms with Crippen LogP contribution in [0.5, 0.6) is 0 Å². The van der Waals surface area contributed by atoms with Gasteiger partial charge in [0.25, 0.3) is 6.71 Å². The van der Waals surface area contributed by atoms with E-state index in [2.05, 4.69) is 308 Å². The van der Waals surface area contributed by atoms with Crippen molar-refractivity contribution in [1.82, 2.24) is 0 Å². The summed E-state index contributed by atoms with van der Waals surface area (Å²) in [5.41, 5.74) is 27.5. The predicted octanol–water partition coefficient (Wildman–Crippen LogP) is 21.2. The van der Waals surface area contributed by atoms with E-state index in [-0.39, 0.29) is 44.7 Å². The Kier molecular flexibility index (Phi) is 12.7. The minimum atomic E-state index is -0.234. The van der Waals surface area contributed by atoms with Crippen molar-refractivity contribution in [3.05, 3.63) is 209 Å². The van der Waals surface area contributed by atoms with Crippen molar-refractivity contribution in [2.45, 2.75) is 181 Å². The van der Waals surface area contributed by atoms with E-state index >= 15 is 0 Å². The Balaban J connectivity index is 1.20. The largest absolute Gasteiger partial charge is 0.457 e. The molecule has 9 aromatic carbocycles. The highest BCUT2D eigenvalue weighted by atomic mass is 16.3. The van der Waals surface area contributed by atoms with Crippen LogP contribution in [0.1, 0.15) is 177 Å². The van der Waals surface area contributed by atoms with Gasteiger partial charge in [-0.2, -0.15) is 0 Å². The molecule has 2 atom stereocenters. The molecule has 1 aromatic heterocycles. The lowest BCUT2D eigenvalue weighted by molar-refractivity contribution is 0.195. The van der Waals surface area contributed by atoms with Gasteiger partial charge in [0.1, 0.15) is 11.2 Å². The van der Waals surface area contributed by atoms with Crippen molar-refractivity contribution in [3.63, 3.8) is 0 Å². The van der Waals surface area contributed by atoms with Gasteiger partial charge in [-0.3, -0.25) is 0 Å². The van der Waals surface area contributed by atoms with Crippen LogP contribution in [0.2, 0.25) is 0 Å². The third-order valence-corrected chi connectivity index (χ3v) is 21.0. The first-order valence-electron chi connectivity index (χ1n) is 32.3. The second-order valence-corrected chi connectivity index (χ2v) is 31.8. The van der Waals surface area contributed by atoms with Crippen LogP contribution >= 0.6 is 0 Å². The first kappa shape index (κ1) is 57.0. The molecule has 14 rings (SSSR count). The number of fused-ring (bicyclic) bond motifs is 11. The topological polar surface area (TPSA) is 22.9 Å². The van der Waals surface area contributed by atoms with Crippen LogP contribution in [0.15, 0.2) is 180 Å². The number of hydrogen-bond acceptors (Lipinski definition) is 4. The number of hydrogen-bond donors (Lipinski definition) is 0. The molecule has 87 heavy (non-hydrogen) atoms. The van der Waals surface area contributed by atoms with Crippen LogP contribution in [0.25, 0.3) is 44.2 Å². The molecule has 4 heterocycles. The van der Waals surface area contributed by atoms with Crippen LogP contribution in [-0.4, -0.2) is 12.3 Å². The molecule has 1 saturated carbocycles. The van der Waals surface area contributed by atoms with Gasteiger partial charge in [-0.05, 0) is 174 Å². The van der Waals surface area contributed by atoms with Crippen LogP contribution in [0, 0.1) is 0 Å². The smallest absolute Gasteiger partial charge is 0.257 e. The van der Waals surface area contributed by atoms with Crippen LogP contribution in [-0.2, 0) is 32.5 Å². The number of anilines is 8. The van der Waals surface area contributed by atoms with E-state index in [1.165, 1.54) is 102 Å². The Morgan fingerprint density at radius 3 is 1.46 bits per heavy atom. The summed E-state index contributed by atoms with van der Waals surface area (Å²) in [6, 6.07) is 68.7. The standard InChI is InChI=1S/C82H88BN3O/c1-76(2,3)53-30-35-58(36-31-53)84(59-37-32-54(33-38-59)77(4,5)6)60-49-68-71-69(50-60)86-74-65(81(16)42-24-25-43-82(81,86)17)46-57(80(13,14)15)47-66(74)83(71)72-67(41-40-62-61-39-34-55(78(7,8)9)48-70(61)87-75(62)72)85(68)73-63(51-26-20-18-21-27-51)44-56(79(10,11)12)45-64(73)52-28-22-19-23-29-52/h18-23,26-41,44-50H,24-25,42-43H2,1-17H3. The van der Waals surface area contributed by atoms with Crippen LogP contribution < -0.4 is 31.1 Å². The van der Waals surface area contributed by atoms with Gasteiger partial charge in [0.05, 0.1) is 16.9 Å². The second kappa shape index (κ2) is 19.4. The fraction of sp³-hybridized carbons (Fsp3) is 0.341. The highest BCUT2D eigenvalue weighted by molar-refractivity contribution is 7.01. The maximum Gasteiger partial charge on any atom is 0.257 e. The molecule has 0 saturated heterocycles. The molecular weight excluding hydrogens is 1050 g/mol. The van der Waals surface area contributed by atoms with E-state index in [0.29, 0.717) is 0 Å². The van der Waals surface area contributed by atoms with Crippen LogP contribution in [0.3, 0.4) is 0 Å². The summed E-state index contributed by atoms with van der Waals surface area (Å²) in [6.07, 6.45) is 4.61. The van der Waals surface area contributed by atoms with Crippen molar-refractivity contribution in [2.75, 3.05) is 14.7 Å². The molecule has 440 valence electrons. The predicted molar refractivity (Wildman–Crippen MR) is 375 cm³/mol. The van der Waals surface area contributed by atoms with Crippen molar-refractivity contribution < 1.29 is 4.42 Å². The zero-order valence-corrected chi connectivity index (χ0v) is 54.9. The van der Waals surface area contributed by atoms with Gasteiger partial charge in [-0.15, -0.1) is 0 Å². The lowest BCUT2D eigenvalue weighted by Gasteiger charge is -2.53. The highest BCUT2D eigenvalue weighted by Crippen LogP contribution is 2.63. The number of rotatable bonds is 6. The molecule has 10 aromatic rings. The molecule has 4 aliphatic rings. The summed E-state index contributed by atoms with van der Waals surface area (Å²) in [7, 11) is 0. The third kappa shape index (κ3) is 8.89. The molecule has 0 bridgehead atoms. The average molecular weight is 1140 g/mol. The van der Waals surface area contributed by atoms with E-state index in [1.54, 1.807) is 0 Å². The summed E-state index contributed by atoms with van der Waals surface area (Å²) in [4.78, 5) is 8.20. The number of benzene rings is 9. The summed E-state index contributed by atoms with van der Waals surface area (Å²) in [5, 5.41) is 2.31. The molecule has 5 heteroatoms. The average Bonchev–Trinajstić information content (AvgIpc) is 1.56. The Labute approximate surface area is 519 Å². The molecule has 1 fully saturated rings. The third-order valence-electron chi connectivity index (χ3n) is 21.0. The fourth-order valence-electron chi connectivity index (χ4n) is 15.6. The summed E-state index contributed by atoms with van der Waals surface area (Å²) >= 11 is 0. The summed E-state index contributed by atoms with van der Waals surface area (Å²) in [5.74, 6) is 0. The fourth-order valence-corrected chi connectivity index (χ4v) is 15.6. The van der Waals surface area contributed by atoms with E-state index in [9.17, 15) is 0 Å². The van der Waals surface area contributed by atoms with E-state index in [0.717, 1.165) is 63.2 Å². The maximum absolute atomic E-state index is 7.69. The first-order valence-corrected chi connectivity index (χ1v) is 32.3. The van der Waals surface area contributed by atoms with Crippen molar-refractivity contribution in [2.24, 2.45) is 0 Å². The molecule has 2 unspecified atom stereocenters. The Bertz CT molecular complexity index is 4260. The monoisotopic (exact) mass is 1140 g/mol. The minimum Gasteiger partial charge on any atom is -0.457 e. The van der Waals surface area contributed by atoms with Gasteiger partial charge in [-0.25, -0.2) is 0 Å². The van der Waals surface area contributed by atoms with Crippen molar-refractivity contribution in [1.29, 1.82) is 0 Å². The lowest BCUT2D eigenvalue weighted by Crippen LogP contribution is -2.64. The van der Waals surface area contributed by atoms with Gasteiger partial charge >= 0.3 is 0 Å². The van der Waals surface area contributed by atoms with Gasteiger partial charge in [0.15, 0.2) is 0 Å². The molecule has 0 spiro atoms. The number of nitrogens with zero attached hydrogens (tertiary/aromatic N) is 3. The van der Waals surface area contributed by atoms with Gasteiger partial charge in [0, 0.05) is 61.4 Å². The molecule has 0 amide bonds. The Morgan fingerprint density at radius 1 is 0.425 bits per heavy atom. The lowest BCUT2D eigenvalue weighted by atomic mass is 9.33. The molecule has 4 nitrogen and oxygen atoms in total. The van der Waals surface area contributed by atoms with Gasteiger partial charge < -0.3 is 19.1 Å². The minimum absolute atomic E-state index is 0.0119. The van der Waals surface area contributed by atoms with Crippen molar-refractivity contribution >= 4 is 90.5 Å². The summed E-state index contributed by atoms with van der Waals surface area (Å²) in [6.45, 7) is 40.2. The van der Waals surface area contributed by atoms with E-state index < -0.39 is 0 Å². The van der Waals surface area contributed by atoms with Crippen LogP contribution in [0.4, 0.5) is 45.5 Å². The maximum atomic E-state index is 7.69. The first-order chi connectivity index (χ1) is 41.0. The molecule has 0 N–H and O–H groups in total. The molecular formula is C82H88BN3O. The Morgan fingerprint density at radius 2 is 0.920 bits per heavy atom. The van der Waals surface area contributed by atoms with Gasteiger partial charge in [0.2, 0.25) is 0 Å². The number of furan rings is 1. The van der Waals surface area contributed by atoms with E-state index in [1.807, 2.05) is 0 Å². The molecule has 3 aliphatic heterocycles. The molecule has 0 radical (unpaired) electrons. The second-order valence-electron chi connectivity index (χ2n) is 31.8. The normalized spacial score (nSPS) is 18.2. The zero-order chi connectivity index (χ0) is 61.3. The van der Waals surface area contributed by atoms with Crippen molar-refractivity contribution in [3.8, 4) is 22.3 Å². The van der Waals surface area contributed by atoms with E-state index in [4.69, 9.17) is 4.42 Å². The highest BCUT2D eigenvalue weighted by Gasteiger charge is 2.62. The quantitative estimate of drug-likeness (QED) is 0.155. The summed E-state index contributed by atoms with van der Waals surface area (Å²) < 4.78 is 7.69.